The minimum atomic E-state index is 0.705. The lowest BCUT2D eigenvalue weighted by Crippen LogP contribution is -1.96. The number of halogens is 1. The molecule has 0 unspecified atom stereocenters. The summed E-state index contributed by atoms with van der Waals surface area (Å²) in [7, 11) is 0. The number of rotatable bonds is 0. The summed E-state index contributed by atoms with van der Waals surface area (Å²) in [6.45, 7) is 0. The van der Waals surface area contributed by atoms with E-state index in [1.54, 1.807) is 0 Å². The van der Waals surface area contributed by atoms with Gasteiger partial charge in [0.1, 0.15) is 11.2 Å². The first-order valence-corrected chi connectivity index (χ1v) is 11.4. The zero-order valence-electron chi connectivity index (χ0n) is 17.5. The second-order valence-electron chi connectivity index (χ2n) is 8.65. The molecule has 154 valence electrons. The van der Waals surface area contributed by atoms with E-state index in [-0.39, 0.29) is 0 Å². The van der Waals surface area contributed by atoms with Gasteiger partial charge in [-0.2, -0.15) is 0 Å². The molecule has 7 aromatic rings. The summed E-state index contributed by atoms with van der Waals surface area (Å²) in [6, 6.07) is 34.1. The third kappa shape index (κ3) is 2.10. The van der Waals surface area contributed by atoms with Gasteiger partial charge in [-0.05, 0) is 29.3 Å². The highest BCUT2D eigenvalue weighted by Crippen LogP contribution is 2.51. The van der Waals surface area contributed by atoms with Gasteiger partial charge in [-0.25, -0.2) is 0 Å². The fourth-order valence-electron chi connectivity index (χ4n) is 5.70. The molecule has 0 atom stereocenters. The molecule has 0 fully saturated rings. The molecule has 0 radical (unpaired) electrons. The summed E-state index contributed by atoms with van der Waals surface area (Å²) in [4.78, 5) is 0. The zero-order valence-corrected chi connectivity index (χ0v) is 18.2. The Hall–Kier alpha value is -4.01. The number of furan rings is 1. The van der Waals surface area contributed by atoms with E-state index in [1.807, 2.05) is 18.2 Å². The van der Waals surface area contributed by atoms with Crippen molar-refractivity contribution in [3.05, 3.63) is 102 Å². The quantitative estimate of drug-likeness (QED) is 0.229. The number of benzene rings is 5. The topological polar surface area (TPSA) is 18.1 Å². The van der Waals surface area contributed by atoms with Gasteiger partial charge >= 0.3 is 0 Å². The standard InChI is InChI=1S/C30H16ClNO/c31-23-16-25-28(30-27(23)22-11-4-6-15-26(22)33-30)19-10-2-1-8-17(19)20-12-7-13-21-18-9-3-5-14-24(18)32(25)29(20)21/h1-16H. The largest absolute Gasteiger partial charge is 0.455 e. The molecule has 5 aromatic carbocycles. The van der Waals surface area contributed by atoms with E-state index in [0.717, 1.165) is 38.8 Å². The molecule has 1 aliphatic rings. The fraction of sp³-hybridized carbons (Fsp3) is 0. The van der Waals surface area contributed by atoms with Gasteiger partial charge in [-0.1, -0.05) is 90.5 Å². The Bertz CT molecular complexity index is 1940. The predicted molar refractivity (Wildman–Crippen MR) is 137 cm³/mol. The van der Waals surface area contributed by atoms with Gasteiger partial charge in [-0.3, -0.25) is 0 Å². The van der Waals surface area contributed by atoms with Crippen molar-refractivity contribution in [1.82, 2.24) is 4.57 Å². The van der Waals surface area contributed by atoms with Crippen molar-refractivity contribution in [3.63, 3.8) is 0 Å². The lowest BCUT2D eigenvalue weighted by Gasteiger charge is -2.14. The number of aromatic nitrogens is 1. The molecular weight excluding hydrogens is 426 g/mol. The maximum Gasteiger partial charge on any atom is 0.146 e. The maximum absolute atomic E-state index is 7.00. The van der Waals surface area contributed by atoms with Crippen molar-refractivity contribution in [3.8, 4) is 27.9 Å². The Labute approximate surface area is 194 Å². The highest BCUT2D eigenvalue weighted by Gasteiger charge is 2.28. The summed E-state index contributed by atoms with van der Waals surface area (Å²) in [5.41, 5.74) is 9.78. The molecule has 0 spiro atoms. The second-order valence-corrected chi connectivity index (χ2v) is 9.06. The third-order valence-corrected chi connectivity index (χ3v) is 7.30. The smallest absolute Gasteiger partial charge is 0.146 e. The summed E-state index contributed by atoms with van der Waals surface area (Å²) in [5, 5.41) is 5.20. The van der Waals surface area contributed by atoms with Gasteiger partial charge in [0, 0.05) is 32.7 Å². The molecule has 0 saturated heterocycles. The van der Waals surface area contributed by atoms with Crippen LogP contribution in [0.25, 0.3) is 71.7 Å². The molecule has 3 heteroatoms. The van der Waals surface area contributed by atoms with Crippen LogP contribution in [0.5, 0.6) is 0 Å². The lowest BCUT2D eigenvalue weighted by atomic mass is 9.92. The van der Waals surface area contributed by atoms with Crippen LogP contribution in [0.3, 0.4) is 0 Å². The van der Waals surface area contributed by atoms with Crippen LogP contribution in [0, 0.1) is 0 Å². The Balaban J connectivity index is 1.72. The van der Waals surface area contributed by atoms with E-state index in [0.29, 0.717) is 5.02 Å². The molecule has 3 heterocycles. The SMILES string of the molecule is Clc1cc2c(c3oc4ccccc4c13)-c1ccccc1-c1cccc3c4ccccc4n-2c13. The number of hydrogen-bond acceptors (Lipinski definition) is 1. The van der Waals surface area contributed by atoms with Crippen LogP contribution in [-0.2, 0) is 0 Å². The molecule has 0 bridgehead atoms. The van der Waals surface area contributed by atoms with Gasteiger partial charge in [-0.15, -0.1) is 0 Å². The van der Waals surface area contributed by atoms with E-state index in [9.17, 15) is 0 Å². The highest BCUT2D eigenvalue weighted by molar-refractivity contribution is 6.39. The lowest BCUT2D eigenvalue weighted by molar-refractivity contribution is 0.670. The molecule has 0 aliphatic carbocycles. The Morgan fingerprint density at radius 3 is 2.24 bits per heavy atom. The molecular formula is C30H16ClNO. The molecule has 0 saturated carbocycles. The van der Waals surface area contributed by atoms with Crippen molar-refractivity contribution in [2.24, 2.45) is 0 Å². The summed E-state index contributed by atoms with van der Waals surface area (Å²) >= 11 is 7.00. The van der Waals surface area contributed by atoms with Crippen LogP contribution in [-0.4, -0.2) is 4.57 Å². The van der Waals surface area contributed by atoms with Crippen molar-refractivity contribution < 1.29 is 4.42 Å². The van der Waals surface area contributed by atoms with Crippen molar-refractivity contribution in [2.45, 2.75) is 0 Å². The van der Waals surface area contributed by atoms with Crippen molar-refractivity contribution in [2.75, 3.05) is 0 Å². The number of hydrogen-bond donors (Lipinski definition) is 0. The fourth-order valence-corrected chi connectivity index (χ4v) is 5.99. The maximum atomic E-state index is 7.00. The van der Waals surface area contributed by atoms with Gasteiger partial charge in [0.05, 0.1) is 21.7 Å². The monoisotopic (exact) mass is 441 g/mol. The average Bonchev–Trinajstić information content (AvgIpc) is 3.37. The van der Waals surface area contributed by atoms with Gasteiger partial charge < -0.3 is 8.98 Å². The third-order valence-electron chi connectivity index (χ3n) is 7.00. The molecule has 0 amide bonds. The minimum absolute atomic E-state index is 0.705. The van der Waals surface area contributed by atoms with Crippen molar-refractivity contribution in [1.29, 1.82) is 0 Å². The molecule has 33 heavy (non-hydrogen) atoms. The number of para-hydroxylation sites is 3. The Kier molecular flexibility index (Phi) is 3.22. The van der Waals surface area contributed by atoms with E-state index in [4.69, 9.17) is 16.0 Å². The minimum Gasteiger partial charge on any atom is -0.455 e. The van der Waals surface area contributed by atoms with Gasteiger partial charge in [0.2, 0.25) is 0 Å². The molecule has 1 aliphatic heterocycles. The van der Waals surface area contributed by atoms with E-state index in [1.165, 1.54) is 32.9 Å². The van der Waals surface area contributed by atoms with Gasteiger partial charge in [0.15, 0.2) is 0 Å². The van der Waals surface area contributed by atoms with Crippen LogP contribution in [0.1, 0.15) is 0 Å². The summed E-state index contributed by atoms with van der Waals surface area (Å²) < 4.78 is 8.90. The normalized spacial score (nSPS) is 12.4. The molecule has 2 aromatic heterocycles. The molecule has 0 N–H and O–H groups in total. The van der Waals surface area contributed by atoms with Crippen molar-refractivity contribution >= 4 is 55.3 Å². The van der Waals surface area contributed by atoms with Crippen LogP contribution < -0.4 is 0 Å². The number of nitrogens with zero attached hydrogens (tertiary/aromatic N) is 1. The first-order chi connectivity index (χ1) is 16.3. The Morgan fingerprint density at radius 1 is 0.636 bits per heavy atom. The average molecular weight is 442 g/mol. The van der Waals surface area contributed by atoms with Gasteiger partial charge in [0.25, 0.3) is 0 Å². The second kappa shape index (κ2) is 6.06. The number of fused-ring (bicyclic) bond motifs is 12. The van der Waals surface area contributed by atoms with E-state index in [2.05, 4.69) is 83.4 Å². The van der Waals surface area contributed by atoms with Crippen LogP contribution in [0.15, 0.2) is 101 Å². The van der Waals surface area contributed by atoms with E-state index < -0.39 is 0 Å². The van der Waals surface area contributed by atoms with Crippen LogP contribution in [0.4, 0.5) is 0 Å². The van der Waals surface area contributed by atoms with Crippen LogP contribution >= 0.6 is 11.6 Å². The van der Waals surface area contributed by atoms with Crippen LogP contribution in [0.2, 0.25) is 5.02 Å². The summed E-state index contributed by atoms with van der Waals surface area (Å²) in [6.07, 6.45) is 0. The Morgan fingerprint density at radius 2 is 1.33 bits per heavy atom. The van der Waals surface area contributed by atoms with E-state index >= 15 is 0 Å². The predicted octanol–water partition coefficient (Wildman–Crippen LogP) is 8.98. The zero-order chi connectivity index (χ0) is 21.7. The molecule has 2 nitrogen and oxygen atoms in total. The summed E-state index contributed by atoms with van der Waals surface area (Å²) in [5.74, 6) is 0. The molecule has 8 rings (SSSR count). The first-order valence-electron chi connectivity index (χ1n) is 11.1. The first kappa shape index (κ1) is 17.5. The highest BCUT2D eigenvalue weighted by atomic mass is 35.5.